The summed E-state index contributed by atoms with van der Waals surface area (Å²) in [6, 6.07) is 7.83. The number of halogens is 1. The number of amides is 1. The Kier molecular flexibility index (Phi) is 5.02. The molecule has 1 aliphatic carbocycles. The van der Waals surface area contributed by atoms with Crippen molar-refractivity contribution in [2.45, 2.75) is 38.1 Å². The van der Waals surface area contributed by atoms with Gasteiger partial charge in [-0.15, -0.1) is 0 Å². The van der Waals surface area contributed by atoms with Crippen LogP contribution in [-0.2, 0) is 4.79 Å². The van der Waals surface area contributed by atoms with Gasteiger partial charge in [-0.1, -0.05) is 18.0 Å². The van der Waals surface area contributed by atoms with Crippen molar-refractivity contribution in [3.05, 3.63) is 29.3 Å². The minimum Gasteiger partial charge on any atom is -0.336 e. The fourth-order valence-electron chi connectivity index (χ4n) is 2.39. The second kappa shape index (κ2) is 6.76. The first-order valence-electron chi connectivity index (χ1n) is 6.63. The minimum atomic E-state index is 0.0582. The molecule has 1 saturated carbocycles. The van der Waals surface area contributed by atoms with Gasteiger partial charge in [-0.3, -0.25) is 4.79 Å². The highest BCUT2D eigenvalue weighted by Crippen LogP contribution is 2.15. The standard InChI is InChI=1S/C14H19ClN2O/c15-11-6-8-13(9-7-11)17-14(18)10-16-12-4-2-1-3-5-12/h6-9,12,16H,1-5,10H2,(H,17,18)/p+1. The van der Waals surface area contributed by atoms with E-state index in [-0.39, 0.29) is 5.91 Å². The number of carbonyl (C=O) groups excluding carboxylic acids is 1. The Hall–Kier alpha value is -1.06. The van der Waals surface area contributed by atoms with E-state index in [9.17, 15) is 4.79 Å². The lowest BCUT2D eigenvalue weighted by atomic mass is 9.95. The maximum atomic E-state index is 11.8. The summed E-state index contributed by atoms with van der Waals surface area (Å²) in [5.41, 5.74) is 0.807. The second-order valence-electron chi connectivity index (χ2n) is 4.89. The van der Waals surface area contributed by atoms with E-state index in [1.165, 1.54) is 32.1 Å². The summed E-state index contributed by atoms with van der Waals surface area (Å²) < 4.78 is 0. The highest BCUT2D eigenvalue weighted by molar-refractivity contribution is 6.30. The fourth-order valence-corrected chi connectivity index (χ4v) is 2.51. The molecule has 1 aromatic rings. The third kappa shape index (κ3) is 4.31. The number of hydrogen-bond acceptors (Lipinski definition) is 1. The Morgan fingerprint density at radius 3 is 2.56 bits per heavy atom. The smallest absolute Gasteiger partial charge is 0.279 e. The zero-order chi connectivity index (χ0) is 12.8. The van der Waals surface area contributed by atoms with Gasteiger partial charge < -0.3 is 10.6 Å². The molecule has 0 radical (unpaired) electrons. The Labute approximate surface area is 113 Å². The molecule has 3 nitrogen and oxygen atoms in total. The minimum absolute atomic E-state index is 0.0582. The van der Waals surface area contributed by atoms with E-state index in [2.05, 4.69) is 10.6 Å². The molecule has 3 N–H and O–H groups in total. The summed E-state index contributed by atoms with van der Waals surface area (Å²) in [6.07, 6.45) is 6.45. The van der Waals surface area contributed by atoms with Crippen LogP contribution in [-0.4, -0.2) is 18.5 Å². The Balaban J connectivity index is 1.73. The number of carbonyl (C=O) groups is 1. The molecular formula is C14H20ClN2O+. The predicted octanol–water partition coefficient (Wildman–Crippen LogP) is 2.17. The predicted molar refractivity (Wildman–Crippen MR) is 73.7 cm³/mol. The molecule has 0 bridgehead atoms. The molecule has 0 spiro atoms. The molecule has 1 amide bonds. The Morgan fingerprint density at radius 2 is 1.89 bits per heavy atom. The lowest BCUT2D eigenvalue weighted by Crippen LogP contribution is -2.91. The van der Waals surface area contributed by atoms with Crippen molar-refractivity contribution < 1.29 is 10.1 Å². The first-order valence-corrected chi connectivity index (χ1v) is 7.00. The summed E-state index contributed by atoms with van der Waals surface area (Å²) >= 11 is 5.79. The molecule has 0 aliphatic heterocycles. The van der Waals surface area contributed by atoms with Crippen molar-refractivity contribution in [2.75, 3.05) is 11.9 Å². The first-order chi connectivity index (χ1) is 8.74. The number of anilines is 1. The first kappa shape index (κ1) is 13.4. The van der Waals surface area contributed by atoms with Crippen LogP contribution in [0.1, 0.15) is 32.1 Å². The lowest BCUT2D eigenvalue weighted by molar-refractivity contribution is -0.681. The maximum Gasteiger partial charge on any atom is 0.279 e. The summed E-state index contributed by atoms with van der Waals surface area (Å²) in [4.78, 5) is 11.8. The average Bonchev–Trinajstić information content (AvgIpc) is 2.40. The van der Waals surface area contributed by atoms with Gasteiger partial charge in [0, 0.05) is 10.7 Å². The van der Waals surface area contributed by atoms with Crippen molar-refractivity contribution in [1.29, 1.82) is 0 Å². The molecule has 0 atom stereocenters. The average molecular weight is 268 g/mol. The Bertz CT molecular complexity index is 385. The van der Waals surface area contributed by atoms with Gasteiger partial charge in [0.15, 0.2) is 6.54 Å². The maximum absolute atomic E-state index is 11.8. The zero-order valence-corrected chi connectivity index (χ0v) is 11.2. The van der Waals surface area contributed by atoms with Gasteiger partial charge in [0.25, 0.3) is 5.91 Å². The molecular weight excluding hydrogens is 248 g/mol. The van der Waals surface area contributed by atoms with E-state index >= 15 is 0 Å². The van der Waals surface area contributed by atoms with E-state index in [1.807, 2.05) is 12.1 Å². The quantitative estimate of drug-likeness (QED) is 0.863. The molecule has 2 rings (SSSR count). The summed E-state index contributed by atoms with van der Waals surface area (Å²) in [5, 5.41) is 5.73. The van der Waals surface area contributed by atoms with Crippen LogP contribution in [0.3, 0.4) is 0 Å². The van der Waals surface area contributed by atoms with E-state index in [0.717, 1.165) is 5.69 Å². The summed E-state index contributed by atoms with van der Waals surface area (Å²) in [5.74, 6) is 0.0582. The van der Waals surface area contributed by atoms with Crippen LogP contribution < -0.4 is 10.6 Å². The number of hydrogen-bond donors (Lipinski definition) is 2. The normalized spacial score (nSPS) is 16.5. The van der Waals surface area contributed by atoms with Gasteiger partial charge in [0.1, 0.15) is 0 Å². The van der Waals surface area contributed by atoms with Crippen LogP contribution in [0.2, 0.25) is 5.02 Å². The van der Waals surface area contributed by atoms with Gasteiger partial charge in [0.2, 0.25) is 0 Å². The van der Waals surface area contributed by atoms with Crippen molar-refractivity contribution >= 4 is 23.2 Å². The lowest BCUT2D eigenvalue weighted by Gasteiger charge is -2.19. The van der Waals surface area contributed by atoms with Crippen molar-refractivity contribution in [3.63, 3.8) is 0 Å². The van der Waals surface area contributed by atoms with E-state index in [0.29, 0.717) is 17.6 Å². The van der Waals surface area contributed by atoms with E-state index in [1.54, 1.807) is 12.1 Å². The molecule has 0 heterocycles. The molecule has 18 heavy (non-hydrogen) atoms. The summed E-state index contributed by atoms with van der Waals surface area (Å²) in [6.45, 7) is 0.507. The largest absolute Gasteiger partial charge is 0.336 e. The van der Waals surface area contributed by atoms with Crippen LogP contribution in [0.5, 0.6) is 0 Å². The molecule has 0 unspecified atom stereocenters. The van der Waals surface area contributed by atoms with Crippen LogP contribution in [0.15, 0.2) is 24.3 Å². The van der Waals surface area contributed by atoms with Crippen molar-refractivity contribution in [2.24, 2.45) is 0 Å². The van der Waals surface area contributed by atoms with Gasteiger partial charge in [-0.05, 0) is 49.9 Å². The van der Waals surface area contributed by atoms with E-state index in [4.69, 9.17) is 11.6 Å². The molecule has 1 aromatic carbocycles. The third-order valence-corrected chi connectivity index (χ3v) is 3.67. The van der Waals surface area contributed by atoms with Gasteiger partial charge in [0.05, 0.1) is 6.04 Å². The number of quaternary nitrogens is 1. The van der Waals surface area contributed by atoms with Crippen molar-refractivity contribution in [3.8, 4) is 0 Å². The molecule has 98 valence electrons. The van der Waals surface area contributed by atoms with Crippen LogP contribution in [0.4, 0.5) is 5.69 Å². The van der Waals surface area contributed by atoms with Gasteiger partial charge in [-0.2, -0.15) is 0 Å². The highest BCUT2D eigenvalue weighted by Gasteiger charge is 2.17. The van der Waals surface area contributed by atoms with Crippen LogP contribution >= 0.6 is 11.6 Å². The Morgan fingerprint density at radius 1 is 1.22 bits per heavy atom. The van der Waals surface area contributed by atoms with Crippen molar-refractivity contribution in [1.82, 2.24) is 0 Å². The van der Waals surface area contributed by atoms with Gasteiger partial charge >= 0.3 is 0 Å². The SMILES string of the molecule is O=C(C[NH2+]C1CCCCC1)Nc1ccc(Cl)cc1. The number of rotatable bonds is 4. The molecule has 1 fully saturated rings. The molecule has 4 heteroatoms. The monoisotopic (exact) mass is 267 g/mol. The fraction of sp³-hybridized carbons (Fsp3) is 0.500. The molecule has 0 aromatic heterocycles. The summed E-state index contributed by atoms with van der Waals surface area (Å²) in [7, 11) is 0. The molecule has 1 aliphatic rings. The second-order valence-corrected chi connectivity index (χ2v) is 5.33. The number of nitrogens with two attached hydrogens (primary N) is 1. The number of nitrogens with one attached hydrogen (secondary N) is 1. The van der Waals surface area contributed by atoms with Crippen LogP contribution in [0.25, 0.3) is 0 Å². The third-order valence-electron chi connectivity index (χ3n) is 3.41. The van der Waals surface area contributed by atoms with E-state index < -0.39 is 0 Å². The van der Waals surface area contributed by atoms with Gasteiger partial charge in [-0.25, -0.2) is 0 Å². The van der Waals surface area contributed by atoms with Crippen LogP contribution in [0, 0.1) is 0 Å². The number of benzene rings is 1. The zero-order valence-electron chi connectivity index (χ0n) is 10.5. The molecule has 0 saturated heterocycles. The highest BCUT2D eigenvalue weighted by atomic mass is 35.5. The topological polar surface area (TPSA) is 45.7 Å².